The SMILES string of the molecule is Cc1cc(=O)[nH]c(N2CC(S(=O)(=O)F)CC2=O)n1. The molecule has 7 nitrogen and oxygen atoms in total. The summed E-state index contributed by atoms with van der Waals surface area (Å²) in [5.41, 5.74) is -0.0787. The summed E-state index contributed by atoms with van der Waals surface area (Å²) in [6.45, 7) is 1.22. The van der Waals surface area contributed by atoms with E-state index in [0.717, 1.165) is 4.90 Å². The third-order valence-corrected chi connectivity index (χ3v) is 3.71. The molecule has 0 aromatic carbocycles. The molecule has 1 aromatic rings. The second kappa shape index (κ2) is 4.16. The molecule has 2 rings (SSSR count). The Morgan fingerprint density at radius 1 is 1.50 bits per heavy atom. The van der Waals surface area contributed by atoms with Crippen LogP contribution < -0.4 is 10.5 Å². The fraction of sp³-hybridized carbons (Fsp3) is 0.444. The van der Waals surface area contributed by atoms with Gasteiger partial charge >= 0.3 is 10.2 Å². The summed E-state index contributed by atoms with van der Waals surface area (Å²) in [6, 6.07) is 1.23. The highest BCUT2D eigenvalue weighted by Crippen LogP contribution is 2.22. The highest BCUT2D eigenvalue weighted by atomic mass is 32.3. The molecule has 1 fully saturated rings. The van der Waals surface area contributed by atoms with Gasteiger partial charge < -0.3 is 0 Å². The molecule has 98 valence electrons. The first-order valence-corrected chi connectivity index (χ1v) is 6.54. The molecule has 0 saturated carbocycles. The van der Waals surface area contributed by atoms with Gasteiger partial charge in [0, 0.05) is 24.7 Å². The summed E-state index contributed by atoms with van der Waals surface area (Å²) in [5, 5.41) is -1.41. The number of hydrogen-bond acceptors (Lipinski definition) is 5. The van der Waals surface area contributed by atoms with Gasteiger partial charge in [-0.15, -0.1) is 3.89 Å². The average Bonchev–Trinajstić information content (AvgIpc) is 2.58. The lowest BCUT2D eigenvalue weighted by atomic mass is 10.4. The van der Waals surface area contributed by atoms with Gasteiger partial charge in [0.1, 0.15) is 5.25 Å². The predicted molar refractivity (Wildman–Crippen MR) is 60.4 cm³/mol. The Balaban J connectivity index is 2.35. The van der Waals surface area contributed by atoms with E-state index in [1.165, 1.54) is 6.07 Å². The highest BCUT2D eigenvalue weighted by molar-refractivity contribution is 7.87. The number of rotatable bonds is 2. The van der Waals surface area contributed by atoms with Crippen LogP contribution >= 0.6 is 0 Å². The quantitative estimate of drug-likeness (QED) is 0.732. The van der Waals surface area contributed by atoms with E-state index in [1.54, 1.807) is 6.92 Å². The maximum atomic E-state index is 12.8. The molecule has 1 saturated heterocycles. The molecule has 1 amide bonds. The van der Waals surface area contributed by atoms with Gasteiger partial charge in [-0.3, -0.25) is 19.5 Å². The smallest absolute Gasteiger partial charge is 0.292 e. The number of carbonyl (C=O) groups excluding carboxylic acids is 1. The van der Waals surface area contributed by atoms with E-state index in [0.29, 0.717) is 5.69 Å². The summed E-state index contributed by atoms with van der Waals surface area (Å²) in [5.74, 6) is -0.647. The molecule has 1 aliphatic heterocycles. The van der Waals surface area contributed by atoms with Gasteiger partial charge in [0.2, 0.25) is 11.9 Å². The van der Waals surface area contributed by atoms with Gasteiger partial charge in [-0.2, -0.15) is 8.42 Å². The summed E-state index contributed by atoms with van der Waals surface area (Å²) in [6.07, 6.45) is -0.448. The van der Waals surface area contributed by atoms with Crippen LogP contribution in [0.25, 0.3) is 0 Å². The van der Waals surface area contributed by atoms with Gasteiger partial charge in [0.05, 0.1) is 0 Å². The topological polar surface area (TPSA) is 100 Å². The standard InChI is InChI=1S/C9H10FN3O4S/c1-5-2-7(14)12-9(11-5)13-4-6(3-8(13)15)18(10,16)17/h2,6H,3-4H2,1H3,(H,11,12,14). The zero-order valence-electron chi connectivity index (χ0n) is 9.38. The van der Waals surface area contributed by atoms with Crippen molar-refractivity contribution >= 4 is 22.1 Å². The van der Waals surface area contributed by atoms with Gasteiger partial charge in [-0.05, 0) is 6.92 Å². The predicted octanol–water partition coefficient (Wildman–Crippen LogP) is -0.517. The minimum atomic E-state index is -4.78. The van der Waals surface area contributed by atoms with Crippen LogP contribution in [0.3, 0.4) is 0 Å². The largest absolute Gasteiger partial charge is 0.307 e. The minimum absolute atomic E-state index is 0.0591. The Morgan fingerprint density at radius 3 is 2.67 bits per heavy atom. The number of hydrogen-bond donors (Lipinski definition) is 1. The van der Waals surface area contributed by atoms with E-state index in [-0.39, 0.29) is 12.5 Å². The first-order chi connectivity index (χ1) is 8.27. The van der Waals surface area contributed by atoms with Gasteiger partial charge in [0.25, 0.3) is 5.56 Å². The normalized spacial score (nSPS) is 20.4. The van der Waals surface area contributed by atoms with Crippen molar-refractivity contribution in [1.82, 2.24) is 9.97 Å². The molecule has 1 N–H and O–H groups in total. The van der Waals surface area contributed by atoms with Crippen LogP contribution in [0.15, 0.2) is 10.9 Å². The third kappa shape index (κ3) is 2.40. The average molecular weight is 275 g/mol. The van der Waals surface area contributed by atoms with Crippen molar-refractivity contribution in [3.63, 3.8) is 0 Å². The second-order valence-corrected chi connectivity index (χ2v) is 5.63. The van der Waals surface area contributed by atoms with Crippen molar-refractivity contribution in [3.05, 3.63) is 22.1 Å². The van der Waals surface area contributed by atoms with Gasteiger partial charge in [0.15, 0.2) is 0 Å². The Kier molecular flexibility index (Phi) is 2.93. The Hall–Kier alpha value is -1.77. The van der Waals surface area contributed by atoms with Gasteiger partial charge in [-0.25, -0.2) is 4.98 Å². The van der Waals surface area contributed by atoms with Crippen molar-refractivity contribution in [2.75, 3.05) is 11.4 Å². The van der Waals surface area contributed by atoms with Crippen LogP contribution in [0.5, 0.6) is 0 Å². The van der Waals surface area contributed by atoms with Crippen LogP contribution in [0.2, 0.25) is 0 Å². The fourth-order valence-corrected chi connectivity index (χ4v) is 2.43. The lowest BCUT2D eigenvalue weighted by molar-refractivity contribution is -0.117. The molecular weight excluding hydrogens is 265 g/mol. The molecule has 0 radical (unpaired) electrons. The van der Waals surface area contributed by atoms with Crippen molar-refractivity contribution in [2.45, 2.75) is 18.6 Å². The number of aromatic amines is 1. The fourth-order valence-electron chi connectivity index (χ4n) is 1.76. The van der Waals surface area contributed by atoms with Gasteiger partial charge in [-0.1, -0.05) is 0 Å². The number of H-pyrrole nitrogens is 1. The van der Waals surface area contributed by atoms with E-state index in [1.807, 2.05) is 0 Å². The van der Waals surface area contributed by atoms with Crippen molar-refractivity contribution in [3.8, 4) is 0 Å². The third-order valence-electron chi connectivity index (χ3n) is 2.60. The summed E-state index contributed by atoms with van der Waals surface area (Å²) in [4.78, 5) is 30.0. The van der Waals surface area contributed by atoms with E-state index in [4.69, 9.17) is 0 Å². The van der Waals surface area contributed by atoms with Crippen LogP contribution in [-0.2, 0) is 15.0 Å². The molecule has 1 aromatic heterocycles. The zero-order chi connectivity index (χ0) is 13.5. The van der Waals surface area contributed by atoms with E-state index in [2.05, 4.69) is 9.97 Å². The molecule has 0 aliphatic carbocycles. The molecular formula is C9H10FN3O4S. The maximum Gasteiger partial charge on any atom is 0.307 e. The van der Waals surface area contributed by atoms with E-state index < -0.39 is 33.4 Å². The Morgan fingerprint density at radius 2 is 2.17 bits per heavy atom. The lowest BCUT2D eigenvalue weighted by Crippen LogP contribution is -2.30. The van der Waals surface area contributed by atoms with Crippen LogP contribution in [-0.4, -0.2) is 36.1 Å². The highest BCUT2D eigenvalue weighted by Gasteiger charge is 2.40. The first-order valence-electron chi connectivity index (χ1n) is 5.09. The number of carbonyl (C=O) groups is 1. The number of amides is 1. The first kappa shape index (κ1) is 12.7. The van der Waals surface area contributed by atoms with Crippen LogP contribution in [0.1, 0.15) is 12.1 Å². The van der Waals surface area contributed by atoms with Crippen molar-refractivity contribution in [1.29, 1.82) is 0 Å². The second-order valence-electron chi connectivity index (χ2n) is 4.02. The Bertz CT molecular complexity index is 654. The minimum Gasteiger partial charge on any atom is -0.292 e. The van der Waals surface area contributed by atoms with E-state index in [9.17, 15) is 21.9 Å². The summed E-state index contributed by atoms with van der Waals surface area (Å²) < 4.78 is 34.3. The molecule has 18 heavy (non-hydrogen) atoms. The van der Waals surface area contributed by atoms with Crippen LogP contribution in [0, 0.1) is 6.92 Å². The Labute approximate surface area is 102 Å². The number of halogens is 1. The van der Waals surface area contributed by atoms with Crippen molar-refractivity contribution in [2.24, 2.45) is 0 Å². The van der Waals surface area contributed by atoms with E-state index >= 15 is 0 Å². The number of anilines is 1. The molecule has 1 unspecified atom stereocenters. The lowest BCUT2D eigenvalue weighted by Gasteiger charge is -2.14. The molecule has 0 bridgehead atoms. The number of nitrogens with one attached hydrogen (secondary N) is 1. The molecule has 1 aliphatic rings. The number of aromatic nitrogens is 2. The summed E-state index contributed by atoms with van der Waals surface area (Å²) >= 11 is 0. The molecule has 9 heteroatoms. The van der Waals surface area contributed by atoms with Crippen LogP contribution in [0.4, 0.5) is 9.83 Å². The molecule has 2 heterocycles. The number of aryl methyl sites for hydroxylation is 1. The maximum absolute atomic E-state index is 12.8. The number of nitrogens with zero attached hydrogens (tertiary/aromatic N) is 2. The monoisotopic (exact) mass is 275 g/mol. The molecule has 0 spiro atoms. The van der Waals surface area contributed by atoms with Crippen molar-refractivity contribution < 1.29 is 17.1 Å². The molecule has 1 atom stereocenters. The zero-order valence-corrected chi connectivity index (χ0v) is 10.2. The summed E-state index contributed by atoms with van der Waals surface area (Å²) in [7, 11) is -4.78.